The highest BCUT2D eigenvalue weighted by molar-refractivity contribution is 6.04. The van der Waals surface area contributed by atoms with Crippen LogP contribution in [0.1, 0.15) is 65.2 Å². The maximum Gasteiger partial charge on any atom is 0.354 e. The van der Waals surface area contributed by atoms with Gasteiger partial charge in [-0.25, -0.2) is 4.79 Å². The predicted octanol–water partition coefficient (Wildman–Crippen LogP) is 2.65. The van der Waals surface area contributed by atoms with E-state index in [-0.39, 0.29) is 30.2 Å². The molecule has 138 valence electrons. The van der Waals surface area contributed by atoms with Crippen LogP contribution < -0.4 is 0 Å². The third-order valence-corrected chi connectivity index (χ3v) is 4.79. The molecule has 1 amide bonds. The van der Waals surface area contributed by atoms with Gasteiger partial charge in [0.25, 0.3) is 0 Å². The Labute approximate surface area is 149 Å². The number of Topliss-reactive ketones (excluding diaryl/α,β-unsaturated/α-hetero) is 1. The maximum absolute atomic E-state index is 12.9. The predicted molar refractivity (Wildman–Crippen MR) is 94.7 cm³/mol. The zero-order valence-electron chi connectivity index (χ0n) is 16.0. The number of esters is 1. The summed E-state index contributed by atoms with van der Waals surface area (Å²) in [5.74, 6) is -0.290. The van der Waals surface area contributed by atoms with Crippen molar-refractivity contribution >= 4 is 17.7 Å². The Hall–Kier alpha value is -2.11. The van der Waals surface area contributed by atoms with Crippen molar-refractivity contribution in [2.45, 2.75) is 53.0 Å². The molecule has 0 spiro atoms. The average Bonchev–Trinajstić information content (AvgIpc) is 3.33. The smallest absolute Gasteiger partial charge is 0.354 e. The molecule has 0 radical (unpaired) electrons. The fourth-order valence-electron chi connectivity index (χ4n) is 3.28. The quantitative estimate of drug-likeness (QED) is 0.561. The zero-order valence-corrected chi connectivity index (χ0v) is 16.0. The molecule has 1 aliphatic carbocycles. The summed E-state index contributed by atoms with van der Waals surface area (Å²) in [4.78, 5) is 39.1. The van der Waals surface area contributed by atoms with Gasteiger partial charge in [0.2, 0.25) is 5.91 Å². The Bertz CT molecular complexity index is 699. The van der Waals surface area contributed by atoms with E-state index >= 15 is 0 Å². The molecule has 1 aromatic heterocycles. The van der Waals surface area contributed by atoms with Crippen molar-refractivity contribution in [3.05, 3.63) is 22.5 Å². The molecule has 1 aromatic rings. The van der Waals surface area contributed by atoms with E-state index in [0.717, 1.165) is 18.5 Å². The van der Waals surface area contributed by atoms with E-state index in [9.17, 15) is 14.4 Å². The first-order chi connectivity index (χ1) is 11.7. The summed E-state index contributed by atoms with van der Waals surface area (Å²) >= 11 is 0. The van der Waals surface area contributed by atoms with E-state index < -0.39 is 5.97 Å². The number of methoxy groups -OCH3 is 1. The van der Waals surface area contributed by atoms with E-state index in [0.29, 0.717) is 23.2 Å². The van der Waals surface area contributed by atoms with Gasteiger partial charge in [-0.2, -0.15) is 0 Å². The van der Waals surface area contributed by atoms with E-state index in [4.69, 9.17) is 4.74 Å². The number of rotatable bonds is 7. The molecule has 0 bridgehead atoms. The Morgan fingerprint density at radius 2 is 1.84 bits per heavy atom. The molecule has 0 atom stereocenters. The third-order valence-electron chi connectivity index (χ3n) is 4.79. The SMILES string of the molecule is COC(=O)c1c(C)c(C(=O)CN(C(=O)CC(C)C)C2CC2)c(C)n1C. The summed E-state index contributed by atoms with van der Waals surface area (Å²) in [6.07, 6.45) is 2.36. The van der Waals surface area contributed by atoms with E-state index in [1.165, 1.54) is 7.11 Å². The Balaban J connectivity index is 2.28. The molecule has 0 saturated heterocycles. The van der Waals surface area contributed by atoms with Crippen LogP contribution in [-0.2, 0) is 16.6 Å². The van der Waals surface area contributed by atoms with Gasteiger partial charge in [-0.15, -0.1) is 0 Å². The topological polar surface area (TPSA) is 68.6 Å². The van der Waals surface area contributed by atoms with E-state index in [2.05, 4.69) is 0 Å². The fourth-order valence-corrected chi connectivity index (χ4v) is 3.28. The number of nitrogens with zero attached hydrogens (tertiary/aromatic N) is 2. The van der Waals surface area contributed by atoms with Gasteiger partial charge in [-0.05, 0) is 38.2 Å². The fraction of sp³-hybridized carbons (Fsp3) is 0.632. The highest BCUT2D eigenvalue weighted by atomic mass is 16.5. The lowest BCUT2D eigenvalue weighted by Crippen LogP contribution is -2.38. The van der Waals surface area contributed by atoms with Crippen molar-refractivity contribution in [1.82, 2.24) is 9.47 Å². The summed E-state index contributed by atoms with van der Waals surface area (Å²) in [7, 11) is 3.07. The van der Waals surface area contributed by atoms with Crippen LogP contribution in [0.5, 0.6) is 0 Å². The van der Waals surface area contributed by atoms with Gasteiger partial charge in [-0.3, -0.25) is 9.59 Å². The van der Waals surface area contributed by atoms with Gasteiger partial charge < -0.3 is 14.2 Å². The zero-order chi connectivity index (χ0) is 18.9. The van der Waals surface area contributed by atoms with Crippen molar-refractivity contribution in [3.8, 4) is 0 Å². The number of ether oxygens (including phenoxy) is 1. The molecule has 0 N–H and O–H groups in total. The number of ketones is 1. The third kappa shape index (κ3) is 3.94. The normalized spacial score (nSPS) is 13.9. The van der Waals surface area contributed by atoms with Crippen LogP contribution in [0.2, 0.25) is 0 Å². The van der Waals surface area contributed by atoms with Crippen LogP contribution in [0.15, 0.2) is 0 Å². The number of aromatic nitrogens is 1. The molecule has 6 nitrogen and oxygen atoms in total. The molecule has 25 heavy (non-hydrogen) atoms. The van der Waals surface area contributed by atoms with Crippen LogP contribution >= 0.6 is 0 Å². The van der Waals surface area contributed by atoms with E-state index in [1.54, 1.807) is 23.4 Å². The summed E-state index contributed by atoms with van der Waals surface area (Å²) < 4.78 is 6.51. The molecular formula is C19H28N2O4. The summed E-state index contributed by atoms with van der Waals surface area (Å²) in [6, 6.07) is 0.180. The Morgan fingerprint density at radius 1 is 1.24 bits per heavy atom. The first kappa shape index (κ1) is 19.2. The lowest BCUT2D eigenvalue weighted by Gasteiger charge is -2.23. The van der Waals surface area contributed by atoms with Crippen molar-refractivity contribution < 1.29 is 19.1 Å². The van der Waals surface area contributed by atoms with Crippen molar-refractivity contribution in [1.29, 1.82) is 0 Å². The molecule has 6 heteroatoms. The van der Waals surface area contributed by atoms with Gasteiger partial charge >= 0.3 is 5.97 Å². The minimum absolute atomic E-state index is 0.0327. The highest BCUT2D eigenvalue weighted by Gasteiger charge is 2.35. The van der Waals surface area contributed by atoms with Gasteiger partial charge in [0.1, 0.15) is 5.69 Å². The Morgan fingerprint density at radius 3 is 2.32 bits per heavy atom. The Kier molecular flexibility index (Phi) is 5.70. The molecular weight excluding hydrogens is 320 g/mol. The summed E-state index contributed by atoms with van der Waals surface area (Å²) in [6.45, 7) is 7.63. The van der Waals surface area contributed by atoms with Crippen molar-refractivity contribution in [2.24, 2.45) is 13.0 Å². The van der Waals surface area contributed by atoms with Crippen LogP contribution in [0.4, 0.5) is 0 Å². The molecule has 0 aromatic carbocycles. The number of hydrogen-bond acceptors (Lipinski definition) is 4. The first-order valence-electron chi connectivity index (χ1n) is 8.75. The van der Waals surface area contributed by atoms with Crippen molar-refractivity contribution in [2.75, 3.05) is 13.7 Å². The second-order valence-corrected chi connectivity index (χ2v) is 7.26. The lowest BCUT2D eigenvalue weighted by atomic mass is 10.0. The number of amides is 1. The number of hydrogen-bond donors (Lipinski definition) is 0. The largest absolute Gasteiger partial charge is 0.464 e. The molecule has 0 aliphatic heterocycles. The molecule has 1 aliphatic rings. The summed E-state index contributed by atoms with van der Waals surface area (Å²) in [5.41, 5.74) is 2.24. The monoisotopic (exact) mass is 348 g/mol. The van der Waals surface area contributed by atoms with Crippen LogP contribution in [0.3, 0.4) is 0 Å². The van der Waals surface area contributed by atoms with Crippen LogP contribution in [0, 0.1) is 19.8 Å². The molecule has 2 rings (SSSR count). The molecule has 0 unspecified atom stereocenters. The summed E-state index contributed by atoms with van der Waals surface area (Å²) in [5, 5.41) is 0. The van der Waals surface area contributed by atoms with Gasteiger partial charge in [0, 0.05) is 30.8 Å². The van der Waals surface area contributed by atoms with Gasteiger partial charge in [0.15, 0.2) is 5.78 Å². The minimum Gasteiger partial charge on any atom is -0.464 e. The second-order valence-electron chi connectivity index (χ2n) is 7.26. The highest BCUT2D eigenvalue weighted by Crippen LogP contribution is 2.29. The van der Waals surface area contributed by atoms with Gasteiger partial charge in [0.05, 0.1) is 13.7 Å². The number of carbonyl (C=O) groups excluding carboxylic acids is 3. The standard InChI is InChI=1S/C19H28N2O4/c1-11(2)9-16(23)21(14-7-8-14)10-15(22)17-12(3)18(19(24)25-6)20(5)13(17)4/h11,14H,7-10H2,1-6H3. The van der Waals surface area contributed by atoms with Crippen molar-refractivity contribution in [3.63, 3.8) is 0 Å². The molecule has 1 fully saturated rings. The second kappa shape index (κ2) is 7.42. The van der Waals surface area contributed by atoms with Crippen LogP contribution in [-0.4, -0.2) is 46.8 Å². The number of carbonyl (C=O) groups is 3. The van der Waals surface area contributed by atoms with Crippen LogP contribution in [0.25, 0.3) is 0 Å². The van der Waals surface area contributed by atoms with E-state index in [1.807, 2.05) is 20.8 Å². The van der Waals surface area contributed by atoms with Gasteiger partial charge in [-0.1, -0.05) is 13.8 Å². The molecule has 1 saturated carbocycles. The maximum atomic E-state index is 12.9. The lowest BCUT2D eigenvalue weighted by molar-refractivity contribution is -0.132. The first-order valence-corrected chi connectivity index (χ1v) is 8.75. The average molecular weight is 348 g/mol. The minimum atomic E-state index is -0.461. The molecule has 1 heterocycles.